The van der Waals surface area contributed by atoms with Crippen molar-refractivity contribution in [3.63, 3.8) is 0 Å². The maximum Gasteiger partial charge on any atom is 0.407 e. The van der Waals surface area contributed by atoms with E-state index in [-0.39, 0.29) is 34.3 Å². The standard InChI is InChI=1S/C19H25ClN4O4.C14H15ClN4O/c1-18(2,3)28-17(27)22-11-19(7-5-4-6-8-19)24-13(15(25)26)9-12-10-21-16(20)23-14(12)24;15-13-16-7-9-6-10-12(20)17-8-14(4-2-1-3-5-14)19(10)11(9)18-13/h9-10H,4-8,11H2,1-3H3,(H,22,27)(H,25,26);6-7H,1-5,8H2,(H,17,20). The number of ether oxygens (including phenoxy) is 1. The van der Waals surface area contributed by atoms with Crippen molar-refractivity contribution in [2.45, 2.75) is 102 Å². The summed E-state index contributed by atoms with van der Waals surface area (Å²) in [5.41, 5.74) is 0.770. The van der Waals surface area contributed by atoms with Crippen molar-refractivity contribution >= 4 is 63.2 Å². The molecule has 3 N–H and O–H groups in total. The number of fused-ring (bicyclic) bond motifs is 5. The van der Waals surface area contributed by atoms with Gasteiger partial charge >= 0.3 is 12.1 Å². The van der Waals surface area contributed by atoms with Gasteiger partial charge in [0.2, 0.25) is 10.6 Å². The predicted molar refractivity (Wildman–Crippen MR) is 181 cm³/mol. The minimum Gasteiger partial charge on any atom is -0.477 e. The van der Waals surface area contributed by atoms with Gasteiger partial charge in [0, 0.05) is 36.3 Å². The van der Waals surface area contributed by atoms with Crippen LogP contribution < -0.4 is 10.6 Å². The molecule has 0 aromatic carbocycles. The molecule has 2 fully saturated rings. The average Bonchev–Trinajstić information content (AvgIpc) is 3.63. The minimum absolute atomic E-state index is 0.0321. The van der Waals surface area contributed by atoms with Crippen LogP contribution >= 0.6 is 23.2 Å². The smallest absolute Gasteiger partial charge is 0.407 e. The van der Waals surface area contributed by atoms with E-state index in [0.717, 1.165) is 43.1 Å². The lowest BCUT2D eigenvalue weighted by Crippen LogP contribution is -2.52. The number of carbonyl (C=O) groups excluding carboxylic acids is 2. The average molecular weight is 700 g/mol. The summed E-state index contributed by atoms with van der Waals surface area (Å²) < 4.78 is 9.19. The quantitative estimate of drug-likeness (QED) is 0.203. The van der Waals surface area contributed by atoms with Crippen molar-refractivity contribution in [1.29, 1.82) is 0 Å². The summed E-state index contributed by atoms with van der Waals surface area (Å²) in [7, 11) is 0. The van der Waals surface area contributed by atoms with Crippen molar-refractivity contribution in [3.8, 4) is 0 Å². The number of carboxylic acids is 1. The number of amides is 2. The molecule has 5 heterocycles. The fourth-order valence-corrected chi connectivity index (χ4v) is 7.74. The molecular weight excluding hydrogens is 659 g/mol. The molecule has 0 atom stereocenters. The Bertz CT molecular complexity index is 1870. The fourth-order valence-electron chi connectivity index (χ4n) is 7.49. The van der Waals surface area contributed by atoms with Gasteiger partial charge in [-0.2, -0.15) is 9.97 Å². The number of carbonyl (C=O) groups is 3. The molecule has 2 saturated carbocycles. The molecule has 0 unspecified atom stereocenters. The topological polar surface area (TPSA) is 166 Å². The van der Waals surface area contributed by atoms with Gasteiger partial charge in [0.1, 0.15) is 28.3 Å². The monoisotopic (exact) mass is 698 g/mol. The van der Waals surface area contributed by atoms with Crippen LogP contribution in [0.15, 0.2) is 24.5 Å². The van der Waals surface area contributed by atoms with E-state index in [0.29, 0.717) is 36.1 Å². The molecule has 48 heavy (non-hydrogen) atoms. The molecule has 3 aliphatic rings. The molecule has 0 radical (unpaired) electrons. The first-order valence-corrected chi connectivity index (χ1v) is 17.1. The molecule has 2 amide bonds. The molecule has 1 spiro atoms. The zero-order valence-corrected chi connectivity index (χ0v) is 28.8. The van der Waals surface area contributed by atoms with Crippen molar-refractivity contribution in [3.05, 3.63) is 46.5 Å². The second kappa shape index (κ2) is 13.1. The summed E-state index contributed by atoms with van der Waals surface area (Å²) >= 11 is 11.9. The summed E-state index contributed by atoms with van der Waals surface area (Å²) in [6.07, 6.45) is 12.8. The third-order valence-electron chi connectivity index (χ3n) is 9.53. The summed E-state index contributed by atoms with van der Waals surface area (Å²) in [4.78, 5) is 53.0. The van der Waals surface area contributed by atoms with Crippen LogP contribution in [-0.4, -0.2) is 70.8 Å². The number of carboxylic acid groups (broad SMARTS) is 1. The third kappa shape index (κ3) is 6.67. The van der Waals surface area contributed by atoms with Crippen molar-refractivity contribution < 1.29 is 24.2 Å². The highest BCUT2D eigenvalue weighted by molar-refractivity contribution is 6.28. The SMILES string of the molecule is CC(C)(C)OC(=O)NCC1(n2c(C(=O)O)cc3cnc(Cl)nc32)CCCCC1.O=C1NCC2(CCCCC2)n2c1cc1cnc(Cl)nc12. The van der Waals surface area contributed by atoms with E-state index in [2.05, 4.69) is 35.1 Å². The van der Waals surface area contributed by atoms with Crippen LogP contribution in [0.5, 0.6) is 0 Å². The van der Waals surface area contributed by atoms with Gasteiger partial charge in [0.25, 0.3) is 5.91 Å². The second-order valence-corrected chi connectivity index (χ2v) is 14.7. The normalized spacial score (nSPS) is 18.5. The highest BCUT2D eigenvalue weighted by Gasteiger charge is 2.42. The molecular formula is C33H40Cl2N8O5. The number of rotatable bonds is 4. The lowest BCUT2D eigenvalue weighted by molar-refractivity contribution is 0.0486. The first kappa shape index (κ1) is 33.9. The largest absolute Gasteiger partial charge is 0.477 e. The summed E-state index contributed by atoms with van der Waals surface area (Å²) in [5.74, 6) is -1.09. The van der Waals surface area contributed by atoms with Crippen LogP contribution in [0.25, 0.3) is 22.1 Å². The van der Waals surface area contributed by atoms with E-state index in [9.17, 15) is 19.5 Å². The molecule has 4 aromatic heterocycles. The van der Waals surface area contributed by atoms with Gasteiger partial charge in [-0.3, -0.25) is 4.79 Å². The summed E-state index contributed by atoms with van der Waals surface area (Å²) in [5, 5.41) is 17.4. The van der Waals surface area contributed by atoms with Gasteiger partial charge in [-0.25, -0.2) is 19.6 Å². The Morgan fingerprint density at radius 3 is 2.06 bits per heavy atom. The Labute approximate surface area is 287 Å². The summed E-state index contributed by atoms with van der Waals surface area (Å²) in [6, 6.07) is 3.42. The molecule has 2 aliphatic carbocycles. The van der Waals surface area contributed by atoms with Gasteiger partial charge in [-0.05, 0) is 81.8 Å². The lowest BCUT2D eigenvalue weighted by Gasteiger charge is -2.42. The van der Waals surface area contributed by atoms with E-state index in [1.165, 1.54) is 25.5 Å². The molecule has 4 aromatic rings. The first-order valence-electron chi connectivity index (χ1n) is 16.4. The Kier molecular flexibility index (Phi) is 9.29. The number of aromatic carboxylic acids is 1. The number of alkyl carbamates (subject to hydrolysis) is 1. The predicted octanol–water partition coefficient (Wildman–Crippen LogP) is 6.45. The third-order valence-corrected chi connectivity index (χ3v) is 9.89. The van der Waals surface area contributed by atoms with Gasteiger partial charge in [0.05, 0.1) is 11.1 Å². The Morgan fingerprint density at radius 1 is 0.917 bits per heavy atom. The number of aromatic nitrogens is 6. The number of nitrogens with zero attached hydrogens (tertiary/aromatic N) is 6. The van der Waals surface area contributed by atoms with Crippen LogP contribution in [-0.2, 0) is 15.8 Å². The first-order chi connectivity index (χ1) is 22.8. The zero-order valence-electron chi connectivity index (χ0n) is 27.3. The molecule has 0 bridgehead atoms. The second-order valence-electron chi connectivity index (χ2n) is 14.0. The van der Waals surface area contributed by atoms with Crippen LogP contribution in [0.4, 0.5) is 4.79 Å². The molecule has 7 rings (SSSR count). The fraction of sp³-hybridized carbons (Fsp3) is 0.545. The molecule has 15 heteroatoms. The molecule has 0 saturated heterocycles. The minimum atomic E-state index is -1.06. The Balaban J connectivity index is 0.000000176. The van der Waals surface area contributed by atoms with Crippen LogP contribution in [0, 0.1) is 0 Å². The number of halogens is 2. The zero-order chi connectivity index (χ0) is 34.3. The maximum absolute atomic E-state index is 12.2. The maximum atomic E-state index is 12.2. The highest BCUT2D eigenvalue weighted by Crippen LogP contribution is 2.41. The van der Waals surface area contributed by atoms with Crippen molar-refractivity contribution in [1.82, 2.24) is 39.7 Å². The van der Waals surface area contributed by atoms with Crippen LogP contribution in [0.1, 0.15) is 106 Å². The van der Waals surface area contributed by atoms with E-state index >= 15 is 0 Å². The lowest BCUT2D eigenvalue weighted by atomic mass is 9.80. The summed E-state index contributed by atoms with van der Waals surface area (Å²) in [6.45, 7) is 6.31. The van der Waals surface area contributed by atoms with Gasteiger partial charge in [0.15, 0.2) is 0 Å². The number of hydrogen-bond acceptors (Lipinski definition) is 8. The van der Waals surface area contributed by atoms with Gasteiger partial charge in [-0.15, -0.1) is 0 Å². The molecule has 256 valence electrons. The number of hydrogen-bond donors (Lipinski definition) is 3. The van der Waals surface area contributed by atoms with E-state index in [4.69, 9.17) is 27.9 Å². The van der Waals surface area contributed by atoms with Crippen molar-refractivity contribution in [2.75, 3.05) is 13.1 Å². The van der Waals surface area contributed by atoms with E-state index < -0.39 is 23.2 Å². The van der Waals surface area contributed by atoms with Crippen LogP contribution in [0.3, 0.4) is 0 Å². The Morgan fingerprint density at radius 2 is 1.48 bits per heavy atom. The van der Waals surface area contributed by atoms with Gasteiger partial charge in [-0.1, -0.05) is 38.5 Å². The molecule has 13 nitrogen and oxygen atoms in total. The van der Waals surface area contributed by atoms with Crippen LogP contribution in [0.2, 0.25) is 10.6 Å². The highest BCUT2D eigenvalue weighted by atomic mass is 35.5. The number of nitrogens with one attached hydrogen (secondary N) is 2. The van der Waals surface area contributed by atoms with Crippen molar-refractivity contribution in [2.24, 2.45) is 0 Å². The van der Waals surface area contributed by atoms with E-state index in [1.807, 2.05) is 6.07 Å². The van der Waals surface area contributed by atoms with E-state index in [1.54, 1.807) is 37.6 Å². The van der Waals surface area contributed by atoms with Gasteiger partial charge < -0.3 is 29.6 Å². The Hall–Kier alpha value is -3.97. The molecule has 1 aliphatic heterocycles.